The van der Waals surface area contributed by atoms with Crippen molar-refractivity contribution in [3.05, 3.63) is 78.5 Å². The standard InChI is InChI=1S/C22H19N3O2S/c23-13-2-4-15-27-19-7-5-6-18(16-19)25-22(26)17-9-11-20(12-10-17)28-21-8-1-3-14-24-21/h1,3,5-12,14,16H,2,4,15H2,(H,25,26). The molecule has 0 aliphatic carbocycles. The highest BCUT2D eigenvalue weighted by Gasteiger charge is 2.07. The Hall–Kier alpha value is -3.30. The molecule has 0 saturated heterocycles. The van der Waals surface area contributed by atoms with E-state index in [1.165, 1.54) is 0 Å². The normalized spacial score (nSPS) is 10.1. The first kappa shape index (κ1) is 19.5. The minimum atomic E-state index is -0.184. The van der Waals surface area contributed by atoms with Crippen molar-refractivity contribution >= 4 is 23.4 Å². The average molecular weight is 389 g/mol. The number of nitrogens with one attached hydrogen (secondary N) is 1. The van der Waals surface area contributed by atoms with Crippen LogP contribution in [0.4, 0.5) is 5.69 Å². The van der Waals surface area contributed by atoms with Gasteiger partial charge in [-0.15, -0.1) is 0 Å². The molecule has 0 bridgehead atoms. The number of nitriles is 1. The van der Waals surface area contributed by atoms with E-state index in [1.54, 1.807) is 36.2 Å². The monoisotopic (exact) mass is 389 g/mol. The van der Waals surface area contributed by atoms with E-state index < -0.39 is 0 Å². The van der Waals surface area contributed by atoms with Gasteiger partial charge in [0.25, 0.3) is 5.91 Å². The van der Waals surface area contributed by atoms with Crippen LogP contribution < -0.4 is 10.1 Å². The van der Waals surface area contributed by atoms with Crippen molar-refractivity contribution in [2.45, 2.75) is 22.8 Å². The number of aromatic nitrogens is 1. The predicted octanol–water partition coefficient (Wildman–Crippen LogP) is 5.17. The van der Waals surface area contributed by atoms with Gasteiger partial charge in [-0.2, -0.15) is 5.26 Å². The van der Waals surface area contributed by atoms with Crippen LogP contribution in [0.25, 0.3) is 0 Å². The molecule has 6 heteroatoms. The van der Waals surface area contributed by atoms with Gasteiger partial charge in [0.1, 0.15) is 10.8 Å². The number of carbonyl (C=O) groups is 1. The Morgan fingerprint density at radius 1 is 1.11 bits per heavy atom. The van der Waals surface area contributed by atoms with Crippen molar-refractivity contribution in [2.75, 3.05) is 11.9 Å². The molecule has 28 heavy (non-hydrogen) atoms. The van der Waals surface area contributed by atoms with Crippen LogP contribution in [0, 0.1) is 11.3 Å². The highest BCUT2D eigenvalue weighted by atomic mass is 32.2. The topological polar surface area (TPSA) is 75.0 Å². The van der Waals surface area contributed by atoms with Gasteiger partial charge < -0.3 is 10.1 Å². The summed E-state index contributed by atoms with van der Waals surface area (Å²) in [4.78, 5) is 17.8. The summed E-state index contributed by atoms with van der Waals surface area (Å²) in [6, 6.07) is 22.5. The van der Waals surface area contributed by atoms with Crippen LogP contribution in [0.2, 0.25) is 0 Å². The lowest BCUT2D eigenvalue weighted by Crippen LogP contribution is -2.11. The number of amides is 1. The fraction of sp³-hybridized carbons (Fsp3) is 0.136. The Labute approximate surface area is 168 Å². The minimum Gasteiger partial charge on any atom is -0.493 e. The molecule has 0 spiro atoms. The van der Waals surface area contributed by atoms with E-state index in [0.29, 0.717) is 36.4 Å². The Balaban J connectivity index is 1.58. The number of unbranched alkanes of at least 4 members (excludes halogenated alkanes) is 1. The van der Waals surface area contributed by atoms with E-state index in [4.69, 9.17) is 10.00 Å². The first-order valence-corrected chi connectivity index (χ1v) is 9.66. The number of rotatable bonds is 8. The summed E-state index contributed by atoms with van der Waals surface area (Å²) in [5.41, 5.74) is 1.24. The predicted molar refractivity (Wildman–Crippen MR) is 110 cm³/mol. The van der Waals surface area contributed by atoms with E-state index in [9.17, 15) is 4.79 Å². The van der Waals surface area contributed by atoms with Gasteiger partial charge in [0.15, 0.2) is 0 Å². The van der Waals surface area contributed by atoms with Crippen molar-refractivity contribution < 1.29 is 9.53 Å². The van der Waals surface area contributed by atoms with Crippen LogP contribution in [0.1, 0.15) is 23.2 Å². The summed E-state index contributed by atoms with van der Waals surface area (Å²) in [6.45, 7) is 0.473. The van der Waals surface area contributed by atoms with Gasteiger partial charge >= 0.3 is 0 Å². The summed E-state index contributed by atoms with van der Waals surface area (Å²) in [7, 11) is 0. The third-order valence-corrected chi connectivity index (χ3v) is 4.73. The van der Waals surface area contributed by atoms with E-state index in [0.717, 1.165) is 9.92 Å². The number of nitrogens with zero attached hydrogens (tertiary/aromatic N) is 2. The molecule has 0 fully saturated rings. The molecule has 1 aromatic heterocycles. The van der Waals surface area contributed by atoms with Gasteiger partial charge in [0.2, 0.25) is 0 Å². The van der Waals surface area contributed by atoms with E-state index >= 15 is 0 Å². The van der Waals surface area contributed by atoms with Crippen molar-refractivity contribution in [3.63, 3.8) is 0 Å². The molecule has 3 rings (SSSR count). The molecule has 2 aromatic carbocycles. The molecule has 1 amide bonds. The maximum atomic E-state index is 12.5. The lowest BCUT2D eigenvalue weighted by Gasteiger charge is -2.09. The summed E-state index contributed by atoms with van der Waals surface area (Å²) in [6.07, 6.45) is 2.90. The van der Waals surface area contributed by atoms with E-state index in [2.05, 4.69) is 16.4 Å². The van der Waals surface area contributed by atoms with Gasteiger partial charge in [-0.05, 0) is 55.0 Å². The Morgan fingerprint density at radius 3 is 2.71 bits per heavy atom. The number of pyridine rings is 1. The van der Waals surface area contributed by atoms with Gasteiger partial charge in [-0.1, -0.05) is 23.9 Å². The van der Waals surface area contributed by atoms with Gasteiger partial charge in [0, 0.05) is 34.8 Å². The first-order valence-electron chi connectivity index (χ1n) is 8.85. The lowest BCUT2D eigenvalue weighted by atomic mass is 10.2. The fourth-order valence-corrected chi connectivity index (χ4v) is 3.18. The summed E-state index contributed by atoms with van der Waals surface area (Å²) in [5.74, 6) is 0.480. The van der Waals surface area contributed by atoms with Gasteiger partial charge in [0.05, 0.1) is 12.7 Å². The Morgan fingerprint density at radius 2 is 1.96 bits per heavy atom. The molecular formula is C22H19N3O2S. The maximum Gasteiger partial charge on any atom is 0.255 e. The molecule has 0 aliphatic heterocycles. The summed E-state index contributed by atoms with van der Waals surface area (Å²) in [5, 5.41) is 12.3. The zero-order valence-electron chi connectivity index (χ0n) is 15.2. The summed E-state index contributed by atoms with van der Waals surface area (Å²) < 4.78 is 5.60. The molecule has 0 unspecified atom stereocenters. The van der Waals surface area contributed by atoms with Crippen LogP contribution in [0.3, 0.4) is 0 Å². The van der Waals surface area contributed by atoms with Crippen LogP contribution >= 0.6 is 11.8 Å². The largest absolute Gasteiger partial charge is 0.493 e. The molecular weight excluding hydrogens is 370 g/mol. The van der Waals surface area contributed by atoms with Crippen LogP contribution in [-0.4, -0.2) is 17.5 Å². The van der Waals surface area contributed by atoms with Gasteiger partial charge in [-0.25, -0.2) is 4.98 Å². The second kappa shape index (κ2) is 10.1. The lowest BCUT2D eigenvalue weighted by molar-refractivity contribution is 0.102. The zero-order chi connectivity index (χ0) is 19.6. The van der Waals surface area contributed by atoms with Crippen molar-refractivity contribution in [1.82, 2.24) is 4.98 Å². The van der Waals surface area contributed by atoms with Crippen LogP contribution in [0.15, 0.2) is 82.8 Å². The van der Waals surface area contributed by atoms with Crippen LogP contribution in [-0.2, 0) is 0 Å². The molecule has 1 heterocycles. The van der Waals surface area contributed by atoms with Gasteiger partial charge in [-0.3, -0.25) is 4.79 Å². The number of carbonyl (C=O) groups excluding carboxylic acids is 1. The molecule has 5 nitrogen and oxygen atoms in total. The first-order chi connectivity index (χ1) is 13.7. The summed E-state index contributed by atoms with van der Waals surface area (Å²) >= 11 is 1.55. The highest BCUT2D eigenvalue weighted by molar-refractivity contribution is 7.99. The highest BCUT2D eigenvalue weighted by Crippen LogP contribution is 2.26. The Bertz CT molecular complexity index is 954. The minimum absolute atomic E-state index is 0.184. The zero-order valence-corrected chi connectivity index (χ0v) is 16.0. The number of anilines is 1. The van der Waals surface area contributed by atoms with Crippen LogP contribution in [0.5, 0.6) is 5.75 Å². The SMILES string of the molecule is N#CCCCOc1cccc(NC(=O)c2ccc(Sc3ccccn3)cc2)c1. The number of benzene rings is 2. The molecule has 0 saturated carbocycles. The molecule has 3 aromatic rings. The molecule has 140 valence electrons. The van der Waals surface area contributed by atoms with Crippen molar-refractivity contribution in [1.29, 1.82) is 5.26 Å². The maximum absolute atomic E-state index is 12.5. The number of ether oxygens (including phenoxy) is 1. The number of hydrogen-bond donors (Lipinski definition) is 1. The molecule has 0 radical (unpaired) electrons. The fourth-order valence-electron chi connectivity index (χ4n) is 2.41. The van der Waals surface area contributed by atoms with Crippen molar-refractivity contribution in [2.24, 2.45) is 0 Å². The molecule has 0 atom stereocenters. The Kier molecular flexibility index (Phi) is 7.05. The van der Waals surface area contributed by atoms with Crippen molar-refractivity contribution in [3.8, 4) is 11.8 Å². The van der Waals surface area contributed by atoms with E-state index in [1.807, 2.05) is 48.5 Å². The second-order valence-electron chi connectivity index (χ2n) is 5.89. The smallest absolute Gasteiger partial charge is 0.255 e. The quantitative estimate of drug-likeness (QED) is 0.538. The second-order valence-corrected chi connectivity index (χ2v) is 6.98. The number of hydrogen-bond acceptors (Lipinski definition) is 5. The molecule has 0 aliphatic rings. The molecule has 1 N–H and O–H groups in total. The van der Waals surface area contributed by atoms with E-state index in [-0.39, 0.29) is 5.91 Å². The third kappa shape index (κ3) is 5.86. The average Bonchev–Trinajstić information content (AvgIpc) is 2.73. The third-order valence-electron chi connectivity index (χ3n) is 3.77.